The number of rotatable bonds is 7. The average molecular weight is 418 g/mol. The van der Waals surface area contributed by atoms with Gasteiger partial charge in [0.1, 0.15) is 4.88 Å². The van der Waals surface area contributed by atoms with Crippen molar-refractivity contribution in [2.24, 2.45) is 0 Å². The summed E-state index contributed by atoms with van der Waals surface area (Å²) in [6.07, 6.45) is 0.153. The van der Waals surface area contributed by atoms with Crippen molar-refractivity contribution in [2.45, 2.75) is 32.0 Å². The van der Waals surface area contributed by atoms with E-state index in [0.29, 0.717) is 23.4 Å². The first kappa shape index (κ1) is 20.0. The summed E-state index contributed by atoms with van der Waals surface area (Å²) in [6, 6.07) is 8.94. The molecule has 0 aliphatic rings. The van der Waals surface area contributed by atoms with Crippen LogP contribution >= 0.6 is 23.1 Å². The molecule has 1 aromatic carbocycles. The van der Waals surface area contributed by atoms with E-state index >= 15 is 0 Å². The van der Waals surface area contributed by atoms with Crippen LogP contribution in [0.15, 0.2) is 40.0 Å². The topological polar surface area (TPSA) is 110 Å². The zero-order valence-corrected chi connectivity index (χ0v) is 17.0. The van der Waals surface area contributed by atoms with E-state index in [2.05, 4.69) is 25.8 Å². The van der Waals surface area contributed by atoms with Crippen LogP contribution in [0.25, 0.3) is 10.8 Å². The van der Waals surface area contributed by atoms with Crippen LogP contribution in [0.5, 0.6) is 0 Å². The summed E-state index contributed by atoms with van der Waals surface area (Å²) >= 11 is 2.76. The quantitative estimate of drug-likeness (QED) is 0.567. The second kappa shape index (κ2) is 9.47. The summed E-state index contributed by atoms with van der Waals surface area (Å²) in [6.45, 7) is 4.17. The fourth-order valence-electron chi connectivity index (χ4n) is 2.33. The molecule has 8 nitrogen and oxygen atoms in total. The van der Waals surface area contributed by atoms with Gasteiger partial charge in [-0.2, -0.15) is 0 Å². The average Bonchev–Trinajstić information content (AvgIpc) is 3.26. The number of aryl methyl sites for hydroxylation is 2. The van der Waals surface area contributed by atoms with Gasteiger partial charge in [-0.25, -0.2) is 9.78 Å². The molecule has 0 aliphatic carbocycles. The number of thioether (sulfide) groups is 1. The number of amides is 3. The van der Waals surface area contributed by atoms with Gasteiger partial charge in [-0.3, -0.25) is 10.1 Å². The van der Waals surface area contributed by atoms with Gasteiger partial charge in [0, 0.05) is 18.7 Å². The van der Waals surface area contributed by atoms with Crippen molar-refractivity contribution < 1.29 is 14.0 Å². The van der Waals surface area contributed by atoms with Crippen molar-refractivity contribution >= 4 is 35.0 Å². The van der Waals surface area contributed by atoms with Crippen LogP contribution in [-0.2, 0) is 11.3 Å². The lowest BCUT2D eigenvalue weighted by Gasteiger charge is -2.06. The molecule has 0 radical (unpaired) electrons. The fourth-order valence-corrected chi connectivity index (χ4v) is 3.87. The van der Waals surface area contributed by atoms with Gasteiger partial charge in [-0.05, 0) is 19.4 Å². The van der Waals surface area contributed by atoms with Gasteiger partial charge in [-0.1, -0.05) is 42.1 Å². The SMILES string of the molecule is Cc1nc(C)c(-c2nnc(SCCC(=O)NC(=O)NCc3ccccc3)o2)s1. The van der Waals surface area contributed by atoms with Crippen molar-refractivity contribution in [3.8, 4) is 10.8 Å². The highest BCUT2D eigenvalue weighted by molar-refractivity contribution is 7.99. The monoisotopic (exact) mass is 417 g/mol. The number of carbonyl (C=O) groups is 2. The zero-order valence-electron chi connectivity index (χ0n) is 15.4. The molecule has 0 saturated carbocycles. The third-order valence-corrected chi connectivity index (χ3v) is 5.49. The van der Waals surface area contributed by atoms with Crippen molar-refractivity contribution in [1.29, 1.82) is 0 Å². The summed E-state index contributed by atoms with van der Waals surface area (Å²) in [5.41, 5.74) is 1.81. The number of thiazole rings is 1. The van der Waals surface area contributed by atoms with Crippen LogP contribution in [0.1, 0.15) is 22.7 Å². The lowest BCUT2D eigenvalue weighted by molar-refractivity contribution is -0.119. The van der Waals surface area contributed by atoms with Crippen molar-refractivity contribution in [3.05, 3.63) is 46.6 Å². The van der Waals surface area contributed by atoms with E-state index in [1.807, 2.05) is 44.2 Å². The Labute approximate surface area is 170 Å². The lowest BCUT2D eigenvalue weighted by Crippen LogP contribution is -2.39. The van der Waals surface area contributed by atoms with Crippen LogP contribution in [0.3, 0.4) is 0 Å². The number of hydrogen-bond donors (Lipinski definition) is 2. The molecule has 0 aliphatic heterocycles. The van der Waals surface area contributed by atoms with Crippen LogP contribution in [-0.4, -0.2) is 32.9 Å². The lowest BCUT2D eigenvalue weighted by atomic mass is 10.2. The highest BCUT2D eigenvalue weighted by Gasteiger charge is 2.15. The maximum absolute atomic E-state index is 11.9. The normalized spacial score (nSPS) is 10.6. The van der Waals surface area contributed by atoms with Crippen LogP contribution < -0.4 is 10.6 Å². The second-order valence-electron chi connectivity index (χ2n) is 5.84. The molecule has 3 amide bonds. The molecule has 3 aromatic rings. The molecule has 0 atom stereocenters. The fraction of sp³-hybridized carbons (Fsp3) is 0.278. The van der Waals surface area contributed by atoms with E-state index in [-0.39, 0.29) is 12.3 Å². The molecule has 3 rings (SSSR count). The Morgan fingerprint density at radius 2 is 1.96 bits per heavy atom. The van der Waals surface area contributed by atoms with Crippen LogP contribution in [0.4, 0.5) is 4.79 Å². The van der Waals surface area contributed by atoms with Gasteiger partial charge < -0.3 is 9.73 Å². The van der Waals surface area contributed by atoms with Gasteiger partial charge >= 0.3 is 6.03 Å². The summed E-state index contributed by atoms with van der Waals surface area (Å²) in [7, 11) is 0. The van der Waals surface area contributed by atoms with E-state index in [1.165, 1.54) is 23.1 Å². The first-order valence-electron chi connectivity index (χ1n) is 8.53. The largest absolute Gasteiger partial charge is 0.410 e. The molecule has 2 heterocycles. The highest BCUT2D eigenvalue weighted by atomic mass is 32.2. The minimum atomic E-state index is -0.519. The predicted octanol–water partition coefficient (Wildman–Crippen LogP) is 3.32. The maximum Gasteiger partial charge on any atom is 0.321 e. The smallest absolute Gasteiger partial charge is 0.321 e. The summed E-state index contributed by atoms with van der Waals surface area (Å²) < 4.78 is 5.61. The molecule has 0 spiro atoms. The van der Waals surface area contributed by atoms with E-state index < -0.39 is 6.03 Å². The van der Waals surface area contributed by atoms with E-state index in [1.54, 1.807) is 0 Å². The molecule has 10 heteroatoms. The van der Waals surface area contributed by atoms with Gasteiger partial charge in [0.15, 0.2) is 0 Å². The third kappa shape index (κ3) is 5.64. The molecule has 2 N–H and O–H groups in total. The molecule has 0 fully saturated rings. The Bertz CT molecular complexity index is 955. The summed E-state index contributed by atoms with van der Waals surface area (Å²) in [4.78, 5) is 28.8. The van der Waals surface area contributed by atoms with Gasteiger partial charge in [0.05, 0.1) is 10.7 Å². The molecule has 0 bridgehead atoms. The van der Waals surface area contributed by atoms with Crippen LogP contribution in [0, 0.1) is 13.8 Å². The van der Waals surface area contributed by atoms with E-state index in [4.69, 9.17) is 4.42 Å². The number of aromatic nitrogens is 3. The zero-order chi connectivity index (χ0) is 19.9. The number of carbonyl (C=O) groups excluding carboxylic acids is 2. The van der Waals surface area contributed by atoms with Gasteiger partial charge in [0.2, 0.25) is 5.91 Å². The number of imide groups is 1. The Hall–Kier alpha value is -2.72. The van der Waals surface area contributed by atoms with Crippen molar-refractivity contribution in [2.75, 3.05) is 5.75 Å². The molecular weight excluding hydrogens is 398 g/mol. The van der Waals surface area contributed by atoms with E-state index in [9.17, 15) is 9.59 Å². The molecular formula is C18H19N5O3S2. The summed E-state index contributed by atoms with van der Waals surface area (Å²) in [5.74, 6) is 0.474. The maximum atomic E-state index is 11.9. The number of benzene rings is 1. The molecule has 146 valence electrons. The first-order chi connectivity index (χ1) is 13.5. The van der Waals surface area contributed by atoms with Crippen molar-refractivity contribution in [3.63, 3.8) is 0 Å². The first-order valence-corrected chi connectivity index (χ1v) is 10.3. The Morgan fingerprint density at radius 1 is 1.18 bits per heavy atom. The minimum absolute atomic E-state index is 0.153. The molecule has 28 heavy (non-hydrogen) atoms. The van der Waals surface area contributed by atoms with Crippen molar-refractivity contribution in [1.82, 2.24) is 25.8 Å². The molecule has 0 unspecified atom stereocenters. The number of hydrogen-bond acceptors (Lipinski definition) is 8. The Kier molecular flexibility index (Phi) is 6.77. The Morgan fingerprint density at radius 3 is 2.68 bits per heavy atom. The Balaban J connectivity index is 1.39. The third-order valence-electron chi connectivity index (χ3n) is 3.61. The molecule has 0 saturated heterocycles. The summed E-state index contributed by atoms with van der Waals surface area (Å²) in [5, 5.41) is 14.3. The number of nitrogens with one attached hydrogen (secondary N) is 2. The van der Waals surface area contributed by atoms with Gasteiger partial charge in [-0.15, -0.1) is 21.5 Å². The second-order valence-corrected chi connectivity index (χ2v) is 8.08. The standard InChI is InChI=1S/C18H19N5O3S2/c1-11-15(28-12(2)20-11)16-22-23-18(26-16)27-9-8-14(24)21-17(25)19-10-13-6-4-3-5-7-13/h3-7H,8-10H2,1-2H3,(H2,19,21,24,25). The van der Waals surface area contributed by atoms with Gasteiger partial charge in [0.25, 0.3) is 11.1 Å². The molecule has 2 aromatic heterocycles. The van der Waals surface area contributed by atoms with Crippen LogP contribution in [0.2, 0.25) is 0 Å². The van der Waals surface area contributed by atoms with E-state index in [0.717, 1.165) is 21.1 Å². The number of nitrogens with zero attached hydrogens (tertiary/aromatic N) is 3. The number of urea groups is 1. The predicted molar refractivity (Wildman–Crippen MR) is 107 cm³/mol. The highest BCUT2D eigenvalue weighted by Crippen LogP contribution is 2.30. The minimum Gasteiger partial charge on any atom is -0.410 e.